The summed E-state index contributed by atoms with van der Waals surface area (Å²) in [4.78, 5) is 35.6. The van der Waals surface area contributed by atoms with Crippen molar-refractivity contribution in [2.75, 3.05) is 20.1 Å². The lowest BCUT2D eigenvalue weighted by atomic mass is 10.5. The second-order valence-corrected chi connectivity index (χ2v) is 5.11. The Labute approximate surface area is 145 Å². The van der Waals surface area contributed by atoms with Crippen LogP contribution in [-0.2, 0) is 19.1 Å². The Morgan fingerprint density at radius 2 is 2.00 bits per heavy atom. The van der Waals surface area contributed by atoms with Crippen LogP contribution < -0.4 is 5.73 Å². The number of nitrogens with zero attached hydrogens (tertiary/aromatic N) is 1. The number of ketones is 1. The number of alkyl halides is 1. The fraction of sp³-hybridized carbons (Fsp3) is 0.417. The number of thiocarbonyl (C=S) groups is 1. The average molecular weight is 371 g/mol. The van der Waals surface area contributed by atoms with Gasteiger partial charge in [-0.1, -0.05) is 12.2 Å². The molecule has 0 aromatic carbocycles. The summed E-state index contributed by atoms with van der Waals surface area (Å²) in [5.41, 5.74) is 4.95. The topological polar surface area (TPSA) is 109 Å². The number of nitrogens with two attached hydrogens (primary N) is 1. The first kappa shape index (κ1) is 18.5. The molecule has 0 saturated carbocycles. The van der Waals surface area contributed by atoms with E-state index < -0.39 is 23.6 Å². The first-order valence-electron chi connectivity index (χ1n) is 6.52. The Bertz CT molecular complexity index is 592. The zero-order valence-electron chi connectivity index (χ0n) is 14.3. The van der Waals surface area contributed by atoms with Gasteiger partial charge in [0.2, 0.25) is 0 Å². The summed E-state index contributed by atoms with van der Waals surface area (Å²) >= 11 is 10.4. The normalized spacial score (nSPS) is 11.1. The van der Waals surface area contributed by atoms with Crippen LogP contribution in [0.25, 0.3) is 0 Å². The van der Waals surface area contributed by atoms with Crippen molar-refractivity contribution in [1.29, 1.82) is 0 Å². The van der Waals surface area contributed by atoms with E-state index in [-0.39, 0.29) is 11.1 Å². The standard InChI is InChI=1S/C6H7NO2S.C4H5ClO3.C2H5NS/c1-4-7-5(3-10-4)6(8)9-2;1-8-4(7)3(6)2-5;1-2(3)4/h3H,1-2H3;2H2,1H3;1H3,(H2,3,4)/i3D;2D;. The average Bonchev–Trinajstić information content (AvgIpc) is 2.83. The molecule has 1 heterocycles. The van der Waals surface area contributed by atoms with Crippen molar-refractivity contribution < 1.29 is 26.6 Å². The maximum absolute atomic E-state index is 10.8. The highest BCUT2D eigenvalue weighted by atomic mass is 35.5. The molecule has 0 spiro atoms. The monoisotopic (exact) mass is 370 g/mol. The van der Waals surface area contributed by atoms with E-state index in [0.717, 1.165) is 7.11 Å². The van der Waals surface area contributed by atoms with Gasteiger partial charge in [-0.2, -0.15) is 0 Å². The zero-order chi connectivity index (χ0) is 19.4. The molecule has 0 aliphatic carbocycles. The number of esters is 2. The lowest BCUT2D eigenvalue weighted by Crippen LogP contribution is -2.16. The minimum Gasteiger partial charge on any atom is -0.464 e. The second kappa shape index (κ2) is 13.1. The van der Waals surface area contributed by atoms with E-state index in [1.165, 1.54) is 18.4 Å². The van der Waals surface area contributed by atoms with E-state index in [1.807, 2.05) is 0 Å². The third kappa shape index (κ3) is 12.2. The maximum atomic E-state index is 10.8. The first-order chi connectivity index (χ1) is 11.0. The molecule has 1 aromatic heterocycles. The number of Topliss-reactive ketones (excluding diaryl/α,β-unsaturated/α-hetero) is 1. The Balaban J connectivity index is 0. The van der Waals surface area contributed by atoms with Crippen LogP contribution in [0.2, 0.25) is 0 Å². The van der Waals surface area contributed by atoms with E-state index in [0.29, 0.717) is 10.00 Å². The number of ether oxygens (including phenoxy) is 2. The third-order valence-electron chi connectivity index (χ3n) is 1.43. The molecule has 0 fully saturated rings. The van der Waals surface area contributed by atoms with Crippen LogP contribution in [-0.4, -0.2) is 47.8 Å². The molecule has 2 N–H and O–H groups in total. The summed E-state index contributed by atoms with van der Waals surface area (Å²) in [6.45, 7) is 3.42. The summed E-state index contributed by atoms with van der Waals surface area (Å²) in [5, 5.41) is 0.866. The maximum Gasteiger partial charge on any atom is 0.375 e. The predicted molar refractivity (Wildman–Crippen MR) is 88.4 cm³/mol. The molecule has 1 atom stereocenters. The van der Waals surface area contributed by atoms with E-state index in [4.69, 9.17) is 20.1 Å². The highest BCUT2D eigenvalue weighted by molar-refractivity contribution is 7.80. The van der Waals surface area contributed by atoms with E-state index >= 15 is 0 Å². The van der Waals surface area contributed by atoms with Crippen LogP contribution in [0.4, 0.5) is 0 Å². The van der Waals surface area contributed by atoms with Gasteiger partial charge in [-0.15, -0.1) is 22.9 Å². The van der Waals surface area contributed by atoms with Crippen molar-refractivity contribution in [3.05, 3.63) is 16.1 Å². The van der Waals surface area contributed by atoms with Gasteiger partial charge in [0.25, 0.3) is 5.78 Å². The number of halogens is 1. The summed E-state index contributed by atoms with van der Waals surface area (Å²) in [6, 6.07) is 0. The fourth-order valence-corrected chi connectivity index (χ4v) is 1.25. The number of carbonyl (C=O) groups excluding carboxylic acids is 3. The van der Waals surface area contributed by atoms with Gasteiger partial charge < -0.3 is 15.2 Å². The molecule has 1 rings (SSSR count). The van der Waals surface area contributed by atoms with E-state index in [1.54, 1.807) is 13.8 Å². The molecule has 22 heavy (non-hydrogen) atoms. The van der Waals surface area contributed by atoms with Crippen LogP contribution in [0, 0.1) is 6.92 Å². The van der Waals surface area contributed by atoms with Crippen LogP contribution in [0.5, 0.6) is 0 Å². The zero-order valence-corrected chi connectivity index (χ0v) is 14.7. The molecule has 0 radical (unpaired) electrons. The van der Waals surface area contributed by atoms with Gasteiger partial charge in [-0.25, -0.2) is 14.6 Å². The summed E-state index contributed by atoms with van der Waals surface area (Å²) in [6.07, 6.45) is 0. The van der Waals surface area contributed by atoms with Gasteiger partial charge in [-0.3, -0.25) is 4.79 Å². The number of rotatable bonds is 3. The van der Waals surface area contributed by atoms with Gasteiger partial charge in [0, 0.05) is 5.36 Å². The van der Waals surface area contributed by atoms with Crippen LogP contribution in [0.15, 0.2) is 5.36 Å². The van der Waals surface area contributed by atoms with Crippen molar-refractivity contribution >= 4 is 57.9 Å². The summed E-state index contributed by atoms with van der Waals surface area (Å²) in [7, 11) is 2.33. The minimum atomic E-state index is -1.54. The lowest BCUT2D eigenvalue weighted by Gasteiger charge is -1.89. The second-order valence-electron chi connectivity index (χ2n) is 3.25. The molecule has 0 amide bonds. The quantitative estimate of drug-likeness (QED) is 0.369. The third-order valence-corrected chi connectivity index (χ3v) is 2.31. The predicted octanol–water partition coefficient (Wildman–Crippen LogP) is 1.50. The number of thiazole rings is 1. The molecule has 0 bridgehead atoms. The van der Waals surface area contributed by atoms with Crippen molar-refractivity contribution in [3.63, 3.8) is 0 Å². The molecule has 0 aliphatic rings. The highest BCUT2D eigenvalue weighted by Crippen LogP contribution is 2.08. The van der Waals surface area contributed by atoms with E-state index in [2.05, 4.69) is 26.7 Å². The molecular formula is C12H17ClN2O5S2. The Hall–Kier alpha value is -1.58. The molecule has 7 nitrogen and oxygen atoms in total. The van der Waals surface area contributed by atoms with Gasteiger partial charge in [0.05, 0.1) is 32.8 Å². The van der Waals surface area contributed by atoms with Gasteiger partial charge in [0.1, 0.15) is 0 Å². The molecule has 1 unspecified atom stereocenters. The Morgan fingerprint density at radius 3 is 2.23 bits per heavy atom. The number of hydrogen-bond acceptors (Lipinski definition) is 8. The smallest absolute Gasteiger partial charge is 0.375 e. The molecule has 1 aromatic rings. The largest absolute Gasteiger partial charge is 0.464 e. The van der Waals surface area contributed by atoms with E-state index in [9.17, 15) is 14.4 Å². The number of carbonyl (C=O) groups is 3. The van der Waals surface area contributed by atoms with Crippen molar-refractivity contribution in [2.45, 2.75) is 13.8 Å². The number of aryl methyl sites for hydroxylation is 1. The minimum absolute atomic E-state index is 0.106. The molecule has 124 valence electrons. The number of methoxy groups -OCH3 is 2. The van der Waals surface area contributed by atoms with Crippen molar-refractivity contribution in [3.8, 4) is 0 Å². The van der Waals surface area contributed by atoms with Gasteiger partial charge >= 0.3 is 11.9 Å². The number of aromatic nitrogens is 1. The SMILES string of the molecule is CC(N)=S.[2H]C(Cl)C(=O)C(=O)OC.[2H]c1sc(C)nc1C(=O)OC. The molecule has 0 saturated heterocycles. The van der Waals surface area contributed by atoms with Crippen molar-refractivity contribution in [2.24, 2.45) is 5.73 Å². The summed E-state index contributed by atoms with van der Waals surface area (Å²) in [5.74, 6) is -4.21. The van der Waals surface area contributed by atoms with Gasteiger partial charge in [-0.05, 0) is 13.8 Å². The van der Waals surface area contributed by atoms with Crippen LogP contribution >= 0.6 is 35.2 Å². The van der Waals surface area contributed by atoms with Gasteiger partial charge in [0.15, 0.2) is 5.69 Å². The Morgan fingerprint density at radius 1 is 1.50 bits per heavy atom. The summed E-state index contributed by atoms with van der Waals surface area (Å²) < 4.78 is 22.2. The first-order valence-corrected chi connectivity index (χ1v) is 7.10. The lowest BCUT2D eigenvalue weighted by molar-refractivity contribution is -0.150. The molecule has 0 aliphatic heterocycles. The molecule has 10 heteroatoms. The van der Waals surface area contributed by atoms with Crippen molar-refractivity contribution in [1.82, 2.24) is 4.98 Å². The fourth-order valence-electron chi connectivity index (χ4n) is 0.654. The Kier molecular flexibility index (Phi) is 11.0. The number of hydrogen-bond donors (Lipinski definition) is 1. The molecular weight excluding hydrogens is 352 g/mol. The highest BCUT2D eigenvalue weighted by Gasteiger charge is 2.10. The van der Waals surface area contributed by atoms with Crippen LogP contribution in [0.3, 0.4) is 0 Å². The van der Waals surface area contributed by atoms with Crippen LogP contribution in [0.1, 0.15) is 25.2 Å².